The average Bonchev–Trinajstić information content (AvgIpc) is 3.40. The summed E-state index contributed by atoms with van der Waals surface area (Å²) in [6.07, 6.45) is 8.36. The Morgan fingerprint density at radius 3 is 2.50 bits per heavy atom. The summed E-state index contributed by atoms with van der Waals surface area (Å²) in [5.74, 6) is 0.184. The summed E-state index contributed by atoms with van der Waals surface area (Å²) in [6, 6.07) is 8.97. The fourth-order valence-corrected chi connectivity index (χ4v) is 4.47. The first-order valence-electron chi connectivity index (χ1n) is 9.98. The van der Waals surface area contributed by atoms with E-state index < -0.39 is 11.8 Å². The van der Waals surface area contributed by atoms with Crippen LogP contribution in [0, 0.1) is 23.7 Å². The van der Waals surface area contributed by atoms with E-state index in [1.807, 2.05) is 12.1 Å². The predicted octanol–water partition coefficient (Wildman–Crippen LogP) is 2.79. The summed E-state index contributed by atoms with van der Waals surface area (Å²) in [5, 5.41) is 5.93. The van der Waals surface area contributed by atoms with E-state index in [2.05, 4.69) is 27.8 Å². The Hall–Kier alpha value is -3.35. The van der Waals surface area contributed by atoms with Gasteiger partial charge in [-0.15, -0.1) is 0 Å². The van der Waals surface area contributed by atoms with E-state index in [-0.39, 0.29) is 23.7 Å². The fourth-order valence-electron chi connectivity index (χ4n) is 4.47. The number of fused-ring (bicyclic) bond motifs is 2. The molecule has 2 aliphatic carbocycles. The van der Waals surface area contributed by atoms with Crippen LogP contribution in [0.5, 0.6) is 11.5 Å². The summed E-state index contributed by atoms with van der Waals surface area (Å²) in [5.41, 5.74) is 1.45. The summed E-state index contributed by atoms with van der Waals surface area (Å²) in [6.45, 7) is 0.391. The summed E-state index contributed by atoms with van der Waals surface area (Å²) >= 11 is 0. The number of aromatic nitrogens is 1. The number of hydrogen-bond donors (Lipinski definition) is 2. The van der Waals surface area contributed by atoms with Gasteiger partial charge in [0.15, 0.2) is 0 Å². The highest BCUT2D eigenvalue weighted by atomic mass is 16.5. The minimum Gasteiger partial charge on any atom is -0.497 e. The lowest BCUT2D eigenvalue weighted by Gasteiger charge is -2.26. The number of rotatable bonds is 7. The number of anilines is 1. The van der Waals surface area contributed by atoms with Crippen molar-refractivity contribution in [3.05, 3.63) is 60.4 Å². The van der Waals surface area contributed by atoms with Crippen LogP contribution in [0.3, 0.4) is 0 Å². The van der Waals surface area contributed by atoms with Crippen molar-refractivity contribution in [2.75, 3.05) is 19.5 Å². The standard InChI is InChI=1S/C23H25N3O4/c1-29-17-7-8-19(30-2)18(11-17)26-23(28)21-16-6-5-15(10-16)20(21)22(27)25-13-14-4-3-9-24-12-14/h3-9,11-12,15-16,20-21H,10,13H2,1-2H3,(H,25,27)(H,26,28)/t15-,16-,20+,21-/m1/s1. The zero-order valence-corrected chi connectivity index (χ0v) is 17.0. The molecule has 1 aromatic heterocycles. The topological polar surface area (TPSA) is 89.5 Å². The monoisotopic (exact) mass is 407 g/mol. The minimum atomic E-state index is -0.426. The second-order valence-corrected chi connectivity index (χ2v) is 7.63. The van der Waals surface area contributed by atoms with Crippen LogP contribution in [0.4, 0.5) is 5.69 Å². The van der Waals surface area contributed by atoms with Crippen molar-refractivity contribution < 1.29 is 19.1 Å². The summed E-state index contributed by atoms with van der Waals surface area (Å²) in [7, 11) is 3.11. The first kappa shape index (κ1) is 19.9. The van der Waals surface area contributed by atoms with Gasteiger partial charge in [-0.1, -0.05) is 18.2 Å². The molecule has 0 radical (unpaired) electrons. The van der Waals surface area contributed by atoms with E-state index in [4.69, 9.17) is 9.47 Å². The largest absolute Gasteiger partial charge is 0.497 e. The molecule has 4 atom stereocenters. The Morgan fingerprint density at radius 2 is 1.83 bits per heavy atom. The smallest absolute Gasteiger partial charge is 0.229 e. The van der Waals surface area contributed by atoms with Crippen molar-refractivity contribution in [1.29, 1.82) is 0 Å². The number of nitrogens with zero attached hydrogens (tertiary/aromatic N) is 1. The fraction of sp³-hybridized carbons (Fsp3) is 0.348. The third-order valence-electron chi connectivity index (χ3n) is 5.92. The molecule has 0 spiro atoms. The molecule has 1 fully saturated rings. The molecular formula is C23H25N3O4. The van der Waals surface area contributed by atoms with Gasteiger partial charge in [0, 0.05) is 25.0 Å². The molecule has 2 N–H and O–H groups in total. The number of amides is 2. The Kier molecular flexibility index (Phi) is 5.70. The molecule has 1 saturated carbocycles. The highest BCUT2D eigenvalue weighted by molar-refractivity contribution is 5.98. The molecule has 2 amide bonds. The number of nitrogens with one attached hydrogen (secondary N) is 2. The quantitative estimate of drug-likeness (QED) is 0.689. The highest BCUT2D eigenvalue weighted by Crippen LogP contribution is 2.48. The van der Waals surface area contributed by atoms with Crippen LogP contribution in [-0.4, -0.2) is 31.0 Å². The third-order valence-corrected chi connectivity index (χ3v) is 5.92. The Bertz CT molecular complexity index is 960. The van der Waals surface area contributed by atoms with Crippen LogP contribution in [0.2, 0.25) is 0 Å². The van der Waals surface area contributed by atoms with Crippen molar-refractivity contribution in [3.63, 3.8) is 0 Å². The van der Waals surface area contributed by atoms with Crippen molar-refractivity contribution >= 4 is 17.5 Å². The molecule has 7 heteroatoms. The van der Waals surface area contributed by atoms with Gasteiger partial charge in [-0.2, -0.15) is 0 Å². The first-order valence-corrected chi connectivity index (χ1v) is 9.98. The molecule has 1 aromatic carbocycles. The number of hydrogen-bond acceptors (Lipinski definition) is 5. The maximum atomic E-state index is 13.2. The van der Waals surface area contributed by atoms with Gasteiger partial charge in [-0.3, -0.25) is 14.6 Å². The summed E-state index contributed by atoms with van der Waals surface area (Å²) < 4.78 is 10.6. The maximum Gasteiger partial charge on any atom is 0.229 e. The van der Waals surface area contributed by atoms with E-state index >= 15 is 0 Å². The molecule has 30 heavy (non-hydrogen) atoms. The van der Waals surface area contributed by atoms with Crippen LogP contribution < -0.4 is 20.1 Å². The maximum absolute atomic E-state index is 13.2. The van der Waals surface area contributed by atoms with E-state index in [0.29, 0.717) is 23.7 Å². The van der Waals surface area contributed by atoms with Gasteiger partial charge in [-0.05, 0) is 42.0 Å². The van der Waals surface area contributed by atoms with E-state index in [0.717, 1.165) is 12.0 Å². The second kappa shape index (κ2) is 8.57. The van der Waals surface area contributed by atoms with Gasteiger partial charge in [0.25, 0.3) is 0 Å². The number of pyridine rings is 1. The molecule has 0 unspecified atom stereocenters. The van der Waals surface area contributed by atoms with Gasteiger partial charge in [0.05, 0.1) is 31.7 Å². The van der Waals surface area contributed by atoms with Crippen molar-refractivity contribution in [3.8, 4) is 11.5 Å². The molecule has 4 rings (SSSR count). The number of methoxy groups -OCH3 is 2. The van der Waals surface area contributed by atoms with Gasteiger partial charge >= 0.3 is 0 Å². The van der Waals surface area contributed by atoms with Gasteiger partial charge in [0.1, 0.15) is 11.5 Å². The van der Waals surface area contributed by atoms with Crippen LogP contribution in [-0.2, 0) is 16.1 Å². The Morgan fingerprint density at radius 1 is 1.07 bits per heavy atom. The predicted molar refractivity (Wildman–Crippen MR) is 112 cm³/mol. The lowest BCUT2D eigenvalue weighted by molar-refractivity contribution is -0.133. The molecule has 0 aliphatic heterocycles. The van der Waals surface area contributed by atoms with Crippen LogP contribution in [0.15, 0.2) is 54.9 Å². The third kappa shape index (κ3) is 3.87. The molecule has 2 bridgehead atoms. The van der Waals surface area contributed by atoms with Crippen LogP contribution >= 0.6 is 0 Å². The first-order chi connectivity index (χ1) is 14.6. The number of benzene rings is 1. The number of ether oxygens (including phenoxy) is 2. The van der Waals surface area contributed by atoms with Gasteiger partial charge in [0.2, 0.25) is 11.8 Å². The number of carbonyl (C=O) groups excluding carboxylic acids is 2. The molecule has 0 saturated heterocycles. The average molecular weight is 407 g/mol. The Labute approximate surface area is 175 Å². The van der Waals surface area contributed by atoms with Crippen molar-refractivity contribution in [2.24, 2.45) is 23.7 Å². The second-order valence-electron chi connectivity index (χ2n) is 7.63. The van der Waals surface area contributed by atoms with Gasteiger partial charge < -0.3 is 20.1 Å². The highest BCUT2D eigenvalue weighted by Gasteiger charge is 2.51. The SMILES string of the molecule is COc1ccc(OC)c(NC(=O)[C@H]2[C@@H](C(=O)NCc3cccnc3)[C@@H]3C=C[C@@H]2C3)c1. The molecule has 7 nitrogen and oxygen atoms in total. The van der Waals surface area contributed by atoms with E-state index in [1.165, 1.54) is 0 Å². The molecule has 2 aromatic rings. The zero-order valence-electron chi connectivity index (χ0n) is 17.0. The number of carbonyl (C=O) groups is 2. The van der Waals surface area contributed by atoms with Crippen molar-refractivity contribution in [2.45, 2.75) is 13.0 Å². The molecule has 156 valence electrons. The van der Waals surface area contributed by atoms with Crippen LogP contribution in [0.1, 0.15) is 12.0 Å². The summed E-state index contributed by atoms with van der Waals surface area (Å²) in [4.78, 5) is 30.3. The molecule has 1 heterocycles. The Balaban J connectivity index is 1.50. The van der Waals surface area contributed by atoms with Crippen LogP contribution in [0.25, 0.3) is 0 Å². The molecule has 2 aliphatic rings. The van der Waals surface area contributed by atoms with Gasteiger partial charge in [-0.25, -0.2) is 0 Å². The molecular weight excluding hydrogens is 382 g/mol. The zero-order chi connectivity index (χ0) is 21.1. The van der Waals surface area contributed by atoms with Crippen molar-refractivity contribution in [1.82, 2.24) is 10.3 Å². The number of allylic oxidation sites excluding steroid dienone is 2. The van der Waals surface area contributed by atoms with E-state index in [1.54, 1.807) is 44.8 Å². The lowest BCUT2D eigenvalue weighted by Crippen LogP contribution is -2.41. The van der Waals surface area contributed by atoms with E-state index in [9.17, 15) is 9.59 Å². The normalized spacial score (nSPS) is 23.8. The minimum absolute atomic E-state index is 0.0562. The lowest BCUT2D eigenvalue weighted by atomic mass is 9.81.